The third-order valence-electron chi connectivity index (χ3n) is 4.08. The van der Waals surface area contributed by atoms with Crippen molar-refractivity contribution in [2.24, 2.45) is 5.73 Å². The summed E-state index contributed by atoms with van der Waals surface area (Å²) < 4.78 is 15.6. The molecule has 0 aromatic heterocycles. The Balaban J connectivity index is 1.94. The second kappa shape index (κ2) is 11.1. The van der Waals surface area contributed by atoms with Gasteiger partial charge in [0.05, 0.1) is 14.2 Å². The number of hydrogen-bond donors (Lipinski definition) is 2. The fourth-order valence-electron chi connectivity index (χ4n) is 2.58. The summed E-state index contributed by atoms with van der Waals surface area (Å²) in [7, 11) is 3.12. The van der Waals surface area contributed by atoms with E-state index in [2.05, 4.69) is 5.32 Å². The predicted octanol–water partition coefficient (Wildman–Crippen LogP) is 1.83. The van der Waals surface area contributed by atoms with Crippen molar-refractivity contribution >= 4 is 17.9 Å². The Labute approximate surface area is 174 Å². The summed E-state index contributed by atoms with van der Waals surface area (Å²) in [5.41, 5.74) is 6.61. The Bertz CT molecular complexity index is 962. The minimum atomic E-state index is -0.574. The predicted molar refractivity (Wildman–Crippen MR) is 111 cm³/mol. The van der Waals surface area contributed by atoms with E-state index in [1.165, 1.54) is 6.08 Å². The zero-order chi connectivity index (χ0) is 21.9. The van der Waals surface area contributed by atoms with E-state index >= 15 is 0 Å². The van der Waals surface area contributed by atoms with Gasteiger partial charge in [-0.05, 0) is 47.9 Å². The SMILES string of the molecule is COc1ccc(CCNC(=O)/C(C#N)=C/c2ccc(OCC(N)=O)cc2)cc1OC. The van der Waals surface area contributed by atoms with Crippen molar-refractivity contribution < 1.29 is 23.8 Å². The number of nitrogens with zero attached hydrogens (tertiary/aromatic N) is 1. The van der Waals surface area contributed by atoms with Crippen LogP contribution in [0.2, 0.25) is 0 Å². The minimum Gasteiger partial charge on any atom is -0.493 e. The van der Waals surface area contributed by atoms with Crippen LogP contribution in [0.1, 0.15) is 11.1 Å². The van der Waals surface area contributed by atoms with Gasteiger partial charge >= 0.3 is 0 Å². The molecule has 0 radical (unpaired) electrons. The van der Waals surface area contributed by atoms with Gasteiger partial charge in [-0.1, -0.05) is 18.2 Å². The van der Waals surface area contributed by atoms with E-state index in [4.69, 9.17) is 19.9 Å². The number of benzene rings is 2. The highest BCUT2D eigenvalue weighted by molar-refractivity contribution is 6.01. The van der Waals surface area contributed by atoms with E-state index in [1.54, 1.807) is 44.6 Å². The summed E-state index contributed by atoms with van der Waals surface area (Å²) in [6.07, 6.45) is 2.04. The molecular formula is C22H23N3O5. The van der Waals surface area contributed by atoms with Crippen LogP contribution in [0.4, 0.5) is 0 Å². The van der Waals surface area contributed by atoms with Gasteiger partial charge in [-0.25, -0.2) is 0 Å². The fraction of sp³-hybridized carbons (Fsp3) is 0.227. The van der Waals surface area contributed by atoms with Gasteiger partial charge in [0.1, 0.15) is 17.4 Å². The summed E-state index contributed by atoms with van der Waals surface area (Å²) in [5.74, 6) is 0.666. The molecule has 0 atom stereocenters. The van der Waals surface area contributed by atoms with Gasteiger partial charge in [0.2, 0.25) is 0 Å². The van der Waals surface area contributed by atoms with Crippen LogP contribution in [0.5, 0.6) is 17.2 Å². The van der Waals surface area contributed by atoms with Gasteiger partial charge < -0.3 is 25.3 Å². The number of ether oxygens (including phenoxy) is 3. The lowest BCUT2D eigenvalue weighted by atomic mass is 10.1. The Hall–Kier alpha value is -3.99. The van der Waals surface area contributed by atoms with Gasteiger partial charge in [-0.15, -0.1) is 0 Å². The molecule has 0 bridgehead atoms. The van der Waals surface area contributed by atoms with Crippen molar-refractivity contribution in [1.29, 1.82) is 5.26 Å². The lowest BCUT2D eigenvalue weighted by Gasteiger charge is -2.10. The number of methoxy groups -OCH3 is 2. The molecule has 0 aliphatic heterocycles. The number of primary amides is 1. The first-order valence-corrected chi connectivity index (χ1v) is 9.09. The average molecular weight is 409 g/mol. The maximum Gasteiger partial charge on any atom is 0.261 e. The smallest absolute Gasteiger partial charge is 0.261 e. The minimum absolute atomic E-state index is 0.0203. The molecule has 2 aromatic rings. The number of rotatable bonds is 10. The molecule has 0 aliphatic carbocycles. The lowest BCUT2D eigenvalue weighted by Crippen LogP contribution is -2.26. The largest absolute Gasteiger partial charge is 0.493 e. The van der Waals surface area contributed by atoms with Gasteiger partial charge in [-0.3, -0.25) is 9.59 Å². The van der Waals surface area contributed by atoms with E-state index in [0.717, 1.165) is 5.56 Å². The number of carbonyl (C=O) groups excluding carboxylic acids is 2. The first-order valence-electron chi connectivity index (χ1n) is 9.09. The first-order chi connectivity index (χ1) is 14.5. The molecule has 3 N–H and O–H groups in total. The second-order valence-electron chi connectivity index (χ2n) is 6.19. The third-order valence-corrected chi connectivity index (χ3v) is 4.08. The molecule has 0 saturated heterocycles. The van der Waals surface area contributed by atoms with Crippen LogP contribution in [0.15, 0.2) is 48.0 Å². The highest BCUT2D eigenvalue weighted by atomic mass is 16.5. The Morgan fingerprint density at radius 1 is 1.10 bits per heavy atom. The quantitative estimate of drug-likeness (QED) is 0.456. The van der Waals surface area contributed by atoms with E-state index in [0.29, 0.717) is 35.8 Å². The molecule has 30 heavy (non-hydrogen) atoms. The Kier molecular flexibility index (Phi) is 8.27. The summed E-state index contributed by atoms with van der Waals surface area (Å²) in [4.78, 5) is 23.0. The molecule has 0 heterocycles. The molecule has 2 amide bonds. The zero-order valence-electron chi connectivity index (χ0n) is 16.8. The van der Waals surface area contributed by atoms with Crippen LogP contribution in [-0.4, -0.2) is 39.2 Å². The maximum atomic E-state index is 12.3. The van der Waals surface area contributed by atoms with E-state index in [-0.39, 0.29) is 12.2 Å². The molecule has 0 spiro atoms. The number of carbonyl (C=O) groups is 2. The molecule has 0 saturated carbocycles. The van der Waals surface area contributed by atoms with Crippen molar-refractivity contribution in [2.75, 3.05) is 27.4 Å². The third kappa shape index (κ3) is 6.56. The fourth-order valence-corrected chi connectivity index (χ4v) is 2.58. The lowest BCUT2D eigenvalue weighted by molar-refractivity contribution is -0.120. The average Bonchev–Trinajstić information content (AvgIpc) is 2.76. The molecule has 0 aliphatic rings. The standard InChI is InChI=1S/C22H23N3O5/c1-28-19-8-5-16(12-20(19)29-2)9-10-25-22(27)17(13-23)11-15-3-6-18(7-4-15)30-14-21(24)26/h3-8,11-12H,9-10,14H2,1-2H3,(H2,24,26)(H,25,27)/b17-11+. The van der Waals surface area contributed by atoms with E-state index < -0.39 is 11.8 Å². The van der Waals surface area contributed by atoms with Crippen LogP contribution in [0, 0.1) is 11.3 Å². The van der Waals surface area contributed by atoms with Gasteiger partial charge in [0, 0.05) is 6.54 Å². The van der Waals surface area contributed by atoms with E-state index in [1.807, 2.05) is 18.2 Å². The topological polar surface area (TPSA) is 124 Å². The zero-order valence-corrected chi connectivity index (χ0v) is 16.8. The van der Waals surface area contributed by atoms with Gasteiger partial charge in [0.15, 0.2) is 18.1 Å². The summed E-state index contributed by atoms with van der Waals surface area (Å²) in [5, 5.41) is 12.0. The molecule has 8 nitrogen and oxygen atoms in total. The number of nitriles is 1. The van der Waals surface area contributed by atoms with Crippen molar-refractivity contribution in [2.45, 2.75) is 6.42 Å². The van der Waals surface area contributed by atoms with Crippen molar-refractivity contribution in [3.8, 4) is 23.3 Å². The van der Waals surface area contributed by atoms with Crippen LogP contribution in [0.25, 0.3) is 6.08 Å². The Morgan fingerprint density at radius 2 is 1.80 bits per heavy atom. The molecule has 2 aromatic carbocycles. The normalized spacial score (nSPS) is 10.6. The molecule has 8 heteroatoms. The monoisotopic (exact) mass is 409 g/mol. The number of amides is 2. The number of nitrogens with two attached hydrogens (primary N) is 1. The molecule has 0 fully saturated rings. The van der Waals surface area contributed by atoms with Crippen LogP contribution >= 0.6 is 0 Å². The van der Waals surface area contributed by atoms with Crippen LogP contribution in [-0.2, 0) is 16.0 Å². The van der Waals surface area contributed by atoms with Crippen LogP contribution in [0.3, 0.4) is 0 Å². The second-order valence-corrected chi connectivity index (χ2v) is 6.19. The maximum absolute atomic E-state index is 12.3. The Morgan fingerprint density at radius 3 is 2.40 bits per heavy atom. The van der Waals surface area contributed by atoms with Crippen molar-refractivity contribution in [1.82, 2.24) is 5.32 Å². The number of nitrogens with one attached hydrogen (secondary N) is 1. The molecule has 2 rings (SSSR count). The summed E-state index contributed by atoms with van der Waals surface area (Å²) in [6, 6.07) is 14.0. The number of hydrogen-bond acceptors (Lipinski definition) is 6. The summed E-state index contributed by atoms with van der Waals surface area (Å²) >= 11 is 0. The van der Waals surface area contributed by atoms with Crippen molar-refractivity contribution in [3.05, 3.63) is 59.2 Å². The highest BCUT2D eigenvalue weighted by Gasteiger charge is 2.10. The van der Waals surface area contributed by atoms with Gasteiger partial charge in [-0.2, -0.15) is 5.26 Å². The van der Waals surface area contributed by atoms with Crippen LogP contribution < -0.4 is 25.3 Å². The first kappa shape index (κ1) is 22.3. The molecular weight excluding hydrogens is 386 g/mol. The van der Waals surface area contributed by atoms with E-state index in [9.17, 15) is 14.9 Å². The highest BCUT2D eigenvalue weighted by Crippen LogP contribution is 2.27. The molecule has 156 valence electrons. The van der Waals surface area contributed by atoms with Gasteiger partial charge in [0.25, 0.3) is 11.8 Å². The summed E-state index contributed by atoms with van der Waals surface area (Å²) in [6.45, 7) is 0.133. The van der Waals surface area contributed by atoms with Crippen molar-refractivity contribution in [3.63, 3.8) is 0 Å². The molecule has 0 unspecified atom stereocenters.